The molecule has 0 fully saturated rings. The number of benzene rings is 3. The highest BCUT2D eigenvalue weighted by Crippen LogP contribution is 2.34. The number of ketones is 1. The zero-order valence-electron chi connectivity index (χ0n) is 13.8. The molecule has 0 saturated carbocycles. The van der Waals surface area contributed by atoms with Crippen LogP contribution in [0.25, 0.3) is 10.8 Å². The van der Waals surface area contributed by atoms with Crippen molar-refractivity contribution in [2.45, 2.75) is 0 Å². The van der Waals surface area contributed by atoms with Gasteiger partial charge < -0.3 is 14.7 Å². The van der Waals surface area contributed by atoms with Crippen LogP contribution in [0.2, 0.25) is 0 Å². The van der Waals surface area contributed by atoms with Crippen molar-refractivity contribution < 1.29 is 19.0 Å². The summed E-state index contributed by atoms with van der Waals surface area (Å²) in [6, 6.07) is 16.2. The highest BCUT2D eigenvalue weighted by molar-refractivity contribution is 6.52. The Balaban J connectivity index is 1.89. The first-order valence-electron chi connectivity index (χ1n) is 7.78. The minimum atomic E-state index is -0.289. The van der Waals surface area contributed by atoms with Crippen molar-refractivity contribution in [1.82, 2.24) is 0 Å². The summed E-state index contributed by atoms with van der Waals surface area (Å²) in [7, 11) is 3.05. The maximum atomic E-state index is 12.9. The first kappa shape index (κ1) is 15.2. The van der Waals surface area contributed by atoms with E-state index in [-0.39, 0.29) is 11.5 Å². The molecule has 4 rings (SSSR count). The number of nitrogens with zero attached hydrogens (tertiary/aromatic N) is 1. The molecule has 1 aliphatic rings. The van der Waals surface area contributed by atoms with Gasteiger partial charge in [0.1, 0.15) is 5.56 Å². The van der Waals surface area contributed by atoms with Crippen LogP contribution in [0.4, 0.5) is 5.69 Å². The topological polar surface area (TPSA) is 61.6 Å². The molecule has 3 aromatic rings. The molecule has 0 unspecified atom stereocenters. The lowest BCUT2D eigenvalue weighted by atomic mass is 10.00. The first-order valence-corrected chi connectivity index (χ1v) is 7.78. The number of hydrogen-bond acceptors (Lipinski definition) is 4. The molecule has 3 aromatic carbocycles. The Morgan fingerprint density at radius 3 is 2.24 bits per heavy atom. The van der Waals surface area contributed by atoms with Gasteiger partial charge in [-0.3, -0.25) is 4.79 Å². The highest BCUT2D eigenvalue weighted by atomic mass is 16.5. The van der Waals surface area contributed by atoms with E-state index in [4.69, 9.17) is 9.47 Å². The van der Waals surface area contributed by atoms with Crippen LogP contribution in [0.5, 0.6) is 11.5 Å². The third-order valence-corrected chi connectivity index (χ3v) is 4.40. The van der Waals surface area contributed by atoms with Gasteiger partial charge in [-0.25, -0.2) is 0 Å². The lowest BCUT2D eigenvalue weighted by Gasteiger charge is -2.08. The van der Waals surface area contributed by atoms with Gasteiger partial charge in [-0.15, -0.1) is 0 Å². The van der Waals surface area contributed by atoms with Crippen molar-refractivity contribution >= 4 is 28.0 Å². The lowest BCUT2D eigenvalue weighted by molar-refractivity contribution is -0.355. The minimum Gasteiger partial charge on any atom is -0.618 e. The largest absolute Gasteiger partial charge is 0.618 e. The van der Waals surface area contributed by atoms with Gasteiger partial charge >= 0.3 is 0 Å². The number of ether oxygens (including phenoxy) is 2. The maximum absolute atomic E-state index is 12.9. The summed E-state index contributed by atoms with van der Waals surface area (Å²) in [6.45, 7) is 0. The number of fused-ring (bicyclic) bond motifs is 2. The Labute approximate surface area is 144 Å². The molecular weight excluding hydrogens is 318 g/mol. The van der Waals surface area contributed by atoms with Crippen LogP contribution in [-0.4, -0.2) is 30.5 Å². The van der Waals surface area contributed by atoms with Crippen molar-refractivity contribution in [2.24, 2.45) is 0 Å². The van der Waals surface area contributed by atoms with Gasteiger partial charge in [0.2, 0.25) is 5.69 Å². The molecule has 0 N–H and O–H groups in total. The maximum Gasteiger partial charge on any atom is 0.273 e. The van der Waals surface area contributed by atoms with Crippen LogP contribution in [0.3, 0.4) is 0 Å². The van der Waals surface area contributed by atoms with Crippen LogP contribution in [0.15, 0.2) is 54.6 Å². The highest BCUT2D eigenvalue weighted by Gasteiger charge is 2.37. The van der Waals surface area contributed by atoms with Gasteiger partial charge in [-0.2, -0.15) is 4.74 Å². The van der Waals surface area contributed by atoms with Crippen LogP contribution >= 0.6 is 0 Å². The standard InChI is InChI=1S/C20H15NO4/c1-24-17-8-7-14(11-18(17)25-2)19-20(22)15-9-12-5-3-4-6-13(12)10-16(15)21(19)23/h3-11H,1-2H3. The lowest BCUT2D eigenvalue weighted by Crippen LogP contribution is -2.16. The molecule has 0 aromatic heterocycles. The molecular formula is C20H15NO4. The van der Waals surface area contributed by atoms with Gasteiger partial charge in [0.15, 0.2) is 11.5 Å². The van der Waals surface area contributed by atoms with Crippen LogP contribution in [0, 0.1) is 5.21 Å². The second kappa shape index (κ2) is 5.63. The normalized spacial score (nSPS) is 13.3. The molecule has 5 nitrogen and oxygen atoms in total. The average molecular weight is 333 g/mol. The summed E-state index contributed by atoms with van der Waals surface area (Å²) >= 11 is 0. The van der Waals surface area contributed by atoms with E-state index < -0.39 is 0 Å². The number of methoxy groups -OCH3 is 2. The monoisotopic (exact) mass is 333 g/mol. The van der Waals surface area contributed by atoms with E-state index >= 15 is 0 Å². The fraction of sp³-hybridized carbons (Fsp3) is 0.100. The molecule has 0 amide bonds. The third kappa shape index (κ3) is 2.24. The number of rotatable bonds is 3. The summed E-state index contributed by atoms with van der Waals surface area (Å²) in [5.41, 5.74) is 1.37. The van der Waals surface area contributed by atoms with Crippen molar-refractivity contribution in [2.75, 3.05) is 14.2 Å². The van der Waals surface area contributed by atoms with E-state index in [1.807, 2.05) is 24.3 Å². The number of carbonyl (C=O) groups is 1. The summed E-state index contributed by atoms with van der Waals surface area (Å²) < 4.78 is 11.2. The van der Waals surface area contributed by atoms with Crippen molar-refractivity contribution in [3.63, 3.8) is 0 Å². The van der Waals surface area contributed by atoms with Gasteiger partial charge in [-0.05, 0) is 35.0 Å². The fourth-order valence-corrected chi connectivity index (χ4v) is 3.15. The van der Waals surface area contributed by atoms with Gasteiger partial charge in [0, 0.05) is 6.07 Å². The average Bonchev–Trinajstić information content (AvgIpc) is 2.89. The predicted octanol–water partition coefficient (Wildman–Crippen LogP) is 3.68. The Morgan fingerprint density at radius 2 is 1.56 bits per heavy atom. The summed E-state index contributed by atoms with van der Waals surface area (Å²) in [5.74, 6) is 0.718. The van der Waals surface area contributed by atoms with Crippen LogP contribution in [0.1, 0.15) is 15.9 Å². The zero-order chi connectivity index (χ0) is 17.6. The predicted molar refractivity (Wildman–Crippen MR) is 95.2 cm³/mol. The van der Waals surface area contributed by atoms with Crippen molar-refractivity contribution in [3.05, 3.63) is 70.9 Å². The first-order chi connectivity index (χ1) is 12.1. The Morgan fingerprint density at radius 1 is 0.880 bits per heavy atom. The molecule has 25 heavy (non-hydrogen) atoms. The molecule has 0 radical (unpaired) electrons. The smallest absolute Gasteiger partial charge is 0.273 e. The molecule has 0 saturated heterocycles. The molecule has 0 aliphatic carbocycles. The molecule has 5 heteroatoms. The van der Waals surface area contributed by atoms with E-state index in [0.29, 0.717) is 33.1 Å². The van der Waals surface area contributed by atoms with E-state index in [1.165, 1.54) is 14.2 Å². The van der Waals surface area contributed by atoms with Gasteiger partial charge in [0.25, 0.3) is 11.5 Å². The number of carbonyl (C=O) groups excluding carboxylic acids is 1. The number of hydrogen-bond donors (Lipinski definition) is 0. The number of Topliss-reactive ketones (excluding diaryl/α,β-unsaturated/α-hetero) is 1. The van der Waals surface area contributed by atoms with E-state index in [9.17, 15) is 10.0 Å². The molecule has 0 bridgehead atoms. The van der Waals surface area contributed by atoms with Crippen LogP contribution < -0.4 is 9.47 Å². The van der Waals surface area contributed by atoms with Crippen molar-refractivity contribution in [1.29, 1.82) is 0 Å². The van der Waals surface area contributed by atoms with E-state index in [1.54, 1.807) is 30.3 Å². The van der Waals surface area contributed by atoms with Gasteiger partial charge in [0.05, 0.1) is 19.8 Å². The molecule has 0 atom stereocenters. The van der Waals surface area contributed by atoms with E-state index in [2.05, 4.69) is 0 Å². The SMILES string of the molecule is COc1ccc(C2=[N+]([O-])c3cc4ccccc4cc3C2=O)cc1OC. The molecule has 124 valence electrons. The Hall–Kier alpha value is -3.34. The van der Waals surface area contributed by atoms with Crippen molar-refractivity contribution in [3.8, 4) is 11.5 Å². The summed E-state index contributed by atoms with van der Waals surface area (Å²) in [6.07, 6.45) is 0. The minimum absolute atomic E-state index is 0.0891. The second-order valence-corrected chi connectivity index (χ2v) is 5.76. The summed E-state index contributed by atoms with van der Waals surface area (Å²) in [4.78, 5) is 12.9. The Bertz CT molecular complexity index is 1050. The summed E-state index contributed by atoms with van der Waals surface area (Å²) in [5, 5.41) is 14.6. The van der Waals surface area contributed by atoms with Crippen LogP contribution in [-0.2, 0) is 0 Å². The second-order valence-electron chi connectivity index (χ2n) is 5.76. The zero-order valence-corrected chi connectivity index (χ0v) is 13.8. The third-order valence-electron chi connectivity index (χ3n) is 4.40. The molecule has 0 spiro atoms. The van der Waals surface area contributed by atoms with E-state index in [0.717, 1.165) is 10.8 Å². The quantitative estimate of drug-likeness (QED) is 0.542. The Kier molecular flexibility index (Phi) is 3.42. The molecule has 1 heterocycles. The fourth-order valence-electron chi connectivity index (χ4n) is 3.15. The molecule has 1 aliphatic heterocycles. The van der Waals surface area contributed by atoms with Gasteiger partial charge in [-0.1, -0.05) is 24.3 Å².